The molecule has 0 aliphatic rings. The zero-order chi connectivity index (χ0) is 13.1. The van der Waals surface area contributed by atoms with Crippen LogP contribution in [0.4, 0.5) is 11.4 Å². The second-order valence-corrected chi connectivity index (χ2v) is 5.14. The van der Waals surface area contributed by atoms with Crippen LogP contribution in [0.2, 0.25) is 0 Å². The number of nitrogen functional groups attached to an aromatic ring is 1. The van der Waals surface area contributed by atoms with Crippen LogP contribution < -0.4 is 11.1 Å². The second-order valence-electron chi connectivity index (χ2n) is 3.89. The number of pyridine rings is 1. The Morgan fingerprint density at radius 2 is 2.11 bits per heavy atom. The zero-order valence-corrected chi connectivity index (χ0v) is 11.9. The summed E-state index contributed by atoms with van der Waals surface area (Å²) in [7, 11) is 0. The van der Waals surface area contributed by atoms with Crippen LogP contribution in [0.15, 0.2) is 36.5 Å². The number of carbonyl (C=O) groups excluding carboxylic acids is 1. The molecule has 0 saturated heterocycles. The van der Waals surface area contributed by atoms with Crippen molar-refractivity contribution < 1.29 is 4.79 Å². The molecule has 2 aromatic rings. The predicted octanol–water partition coefficient (Wildman–Crippen LogP) is 2.83. The van der Waals surface area contributed by atoms with E-state index in [2.05, 4.69) is 32.9 Å². The van der Waals surface area contributed by atoms with Gasteiger partial charge in [-0.15, -0.1) is 0 Å². The average Bonchev–Trinajstić information content (AvgIpc) is 2.33. The number of carbonyl (C=O) groups is 1. The van der Waals surface area contributed by atoms with Gasteiger partial charge in [-0.3, -0.25) is 4.79 Å². The second kappa shape index (κ2) is 5.34. The van der Waals surface area contributed by atoms with Gasteiger partial charge in [0, 0.05) is 9.26 Å². The van der Waals surface area contributed by atoms with E-state index in [0.29, 0.717) is 11.4 Å². The third-order valence-electron chi connectivity index (χ3n) is 2.46. The molecule has 0 aliphatic carbocycles. The summed E-state index contributed by atoms with van der Waals surface area (Å²) in [4.78, 5) is 15.9. The zero-order valence-electron chi connectivity index (χ0n) is 9.77. The van der Waals surface area contributed by atoms with Gasteiger partial charge in [0.05, 0.1) is 11.9 Å². The Balaban J connectivity index is 2.18. The largest absolute Gasteiger partial charge is 0.397 e. The number of anilines is 2. The summed E-state index contributed by atoms with van der Waals surface area (Å²) in [6, 6.07) is 9.09. The van der Waals surface area contributed by atoms with E-state index in [1.807, 2.05) is 25.1 Å². The van der Waals surface area contributed by atoms with E-state index >= 15 is 0 Å². The van der Waals surface area contributed by atoms with Crippen molar-refractivity contribution in [3.63, 3.8) is 0 Å². The van der Waals surface area contributed by atoms with Gasteiger partial charge in [0.15, 0.2) is 0 Å². The summed E-state index contributed by atoms with van der Waals surface area (Å²) >= 11 is 2.23. The van der Waals surface area contributed by atoms with Crippen LogP contribution in [0, 0.1) is 10.5 Å². The number of nitrogens with zero attached hydrogens (tertiary/aromatic N) is 1. The van der Waals surface area contributed by atoms with Crippen LogP contribution in [0.3, 0.4) is 0 Å². The minimum atomic E-state index is -0.237. The van der Waals surface area contributed by atoms with Crippen LogP contribution in [-0.2, 0) is 0 Å². The molecule has 18 heavy (non-hydrogen) atoms. The van der Waals surface area contributed by atoms with Gasteiger partial charge in [0.1, 0.15) is 5.69 Å². The van der Waals surface area contributed by atoms with Gasteiger partial charge in [-0.2, -0.15) is 0 Å². The van der Waals surface area contributed by atoms with Gasteiger partial charge in [-0.05, 0) is 65.4 Å². The van der Waals surface area contributed by atoms with E-state index in [1.54, 1.807) is 12.1 Å². The molecular formula is C13H12IN3O. The summed E-state index contributed by atoms with van der Waals surface area (Å²) in [5, 5.41) is 2.83. The van der Waals surface area contributed by atoms with Gasteiger partial charge in [0.2, 0.25) is 0 Å². The summed E-state index contributed by atoms with van der Waals surface area (Å²) in [5.41, 5.74) is 8.22. The number of rotatable bonds is 2. The Morgan fingerprint density at radius 3 is 2.72 bits per heavy atom. The lowest BCUT2D eigenvalue weighted by Gasteiger charge is -2.08. The number of hydrogen-bond donors (Lipinski definition) is 2. The van der Waals surface area contributed by atoms with Crippen molar-refractivity contribution in [2.75, 3.05) is 11.1 Å². The summed E-state index contributed by atoms with van der Waals surface area (Å²) in [6.45, 7) is 1.95. The van der Waals surface area contributed by atoms with Crippen molar-refractivity contribution in [1.29, 1.82) is 0 Å². The molecule has 0 aliphatic heterocycles. The highest BCUT2D eigenvalue weighted by molar-refractivity contribution is 14.1. The molecule has 1 amide bonds. The molecule has 0 spiro atoms. The lowest BCUT2D eigenvalue weighted by molar-refractivity contribution is 0.102. The molecule has 0 saturated carbocycles. The van der Waals surface area contributed by atoms with E-state index in [1.165, 1.54) is 6.20 Å². The third-order valence-corrected chi connectivity index (χ3v) is 3.13. The molecule has 5 heteroatoms. The lowest BCUT2D eigenvalue weighted by atomic mass is 10.2. The normalized spacial score (nSPS) is 10.1. The van der Waals surface area contributed by atoms with Crippen molar-refractivity contribution in [3.8, 4) is 0 Å². The highest BCUT2D eigenvalue weighted by atomic mass is 127. The first-order valence-corrected chi connectivity index (χ1v) is 6.43. The third kappa shape index (κ3) is 2.98. The van der Waals surface area contributed by atoms with E-state index in [4.69, 9.17) is 5.73 Å². The van der Waals surface area contributed by atoms with E-state index in [0.717, 1.165) is 14.8 Å². The minimum Gasteiger partial charge on any atom is -0.397 e. The fourth-order valence-corrected chi connectivity index (χ4v) is 2.14. The van der Waals surface area contributed by atoms with Crippen LogP contribution in [0.1, 0.15) is 16.1 Å². The highest BCUT2D eigenvalue weighted by Gasteiger charge is 2.08. The Morgan fingerprint density at radius 1 is 1.33 bits per heavy atom. The Hall–Kier alpha value is -1.63. The van der Waals surface area contributed by atoms with Gasteiger partial charge in [-0.25, -0.2) is 4.98 Å². The first-order chi connectivity index (χ1) is 8.56. The summed E-state index contributed by atoms with van der Waals surface area (Å²) < 4.78 is 1.13. The van der Waals surface area contributed by atoms with Crippen molar-refractivity contribution in [1.82, 2.24) is 4.98 Å². The van der Waals surface area contributed by atoms with Crippen molar-refractivity contribution in [3.05, 3.63) is 51.4 Å². The number of aromatic nitrogens is 1. The van der Waals surface area contributed by atoms with Crippen LogP contribution in [0.5, 0.6) is 0 Å². The van der Waals surface area contributed by atoms with Crippen molar-refractivity contribution in [2.24, 2.45) is 0 Å². The van der Waals surface area contributed by atoms with Crippen LogP contribution >= 0.6 is 22.6 Å². The smallest absolute Gasteiger partial charge is 0.274 e. The van der Waals surface area contributed by atoms with Crippen molar-refractivity contribution >= 4 is 39.9 Å². The molecule has 1 heterocycles. The molecule has 0 bridgehead atoms. The number of amides is 1. The van der Waals surface area contributed by atoms with E-state index in [9.17, 15) is 4.79 Å². The maximum absolute atomic E-state index is 11.9. The molecule has 0 radical (unpaired) electrons. The van der Waals surface area contributed by atoms with Crippen LogP contribution in [0.25, 0.3) is 0 Å². The molecule has 4 nitrogen and oxygen atoms in total. The lowest BCUT2D eigenvalue weighted by Crippen LogP contribution is -2.14. The predicted molar refractivity (Wildman–Crippen MR) is 80.5 cm³/mol. The first kappa shape index (κ1) is 12.8. The standard InChI is InChI=1S/C13H12IN3O/c1-8-6-9(14)2-4-11(8)17-13(18)12-5-3-10(15)7-16-12/h2-7H,15H2,1H3,(H,17,18). The quantitative estimate of drug-likeness (QED) is 0.816. The fraction of sp³-hybridized carbons (Fsp3) is 0.0769. The maximum Gasteiger partial charge on any atom is 0.274 e. The average molecular weight is 353 g/mol. The summed E-state index contributed by atoms with van der Waals surface area (Å²) in [6.07, 6.45) is 1.47. The van der Waals surface area contributed by atoms with Gasteiger partial charge in [0.25, 0.3) is 5.91 Å². The number of nitrogens with one attached hydrogen (secondary N) is 1. The number of nitrogens with two attached hydrogens (primary N) is 1. The van der Waals surface area contributed by atoms with Crippen LogP contribution in [-0.4, -0.2) is 10.9 Å². The minimum absolute atomic E-state index is 0.237. The van der Waals surface area contributed by atoms with Gasteiger partial charge in [-0.1, -0.05) is 0 Å². The van der Waals surface area contributed by atoms with E-state index in [-0.39, 0.29) is 5.91 Å². The highest BCUT2D eigenvalue weighted by Crippen LogP contribution is 2.18. The van der Waals surface area contributed by atoms with Crippen molar-refractivity contribution in [2.45, 2.75) is 6.92 Å². The molecular weight excluding hydrogens is 341 g/mol. The summed E-state index contributed by atoms with van der Waals surface area (Å²) in [5.74, 6) is -0.237. The van der Waals surface area contributed by atoms with Gasteiger partial charge < -0.3 is 11.1 Å². The number of hydrogen-bond acceptors (Lipinski definition) is 3. The number of aryl methyl sites for hydroxylation is 1. The molecule has 2 rings (SSSR count). The molecule has 0 atom stereocenters. The Bertz CT molecular complexity index is 581. The molecule has 0 fully saturated rings. The van der Waals surface area contributed by atoms with E-state index < -0.39 is 0 Å². The first-order valence-electron chi connectivity index (χ1n) is 5.35. The number of halogens is 1. The fourth-order valence-electron chi connectivity index (χ4n) is 1.49. The van der Waals surface area contributed by atoms with Gasteiger partial charge >= 0.3 is 0 Å². The topological polar surface area (TPSA) is 68.0 Å². The molecule has 92 valence electrons. The maximum atomic E-state index is 11.9. The Labute approximate surface area is 119 Å². The molecule has 3 N–H and O–H groups in total. The monoisotopic (exact) mass is 353 g/mol. The molecule has 1 aromatic heterocycles. The molecule has 1 aromatic carbocycles. The molecule has 0 unspecified atom stereocenters. The Kier molecular flexibility index (Phi) is 3.81. The SMILES string of the molecule is Cc1cc(I)ccc1NC(=O)c1ccc(N)cn1. The number of benzene rings is 1.